The summed E-state index contributed by atoms with van der Waals surface area (Å²) in [5.74, 6) is -0.0431. The minimum Gasteiger partial charge on any atom is -0.337 e. The molecule has 3 aromatic rings. The van der Waals surface area contributed by atoms with Gasteiger partial charge in [-0.15, -0.1) is 0 Å². The first-order valence-electron chi connectivity index (χ1n) is 11.6. The molecule has 2 aliphatic rings. The van der Waals surface area contributed by atoms with Crippen LogP contribution in [0.4, 0.5) is 5.69 Å². The predicted octanol–water partition coefficient (Wildman–Crippen LogP) is 4.05. The molecule has 1 unspecified atom stereocenters. The van der Waals surface area contributed by atoms with E-state index in [1.54, 1.807) is 36.7 Å². The number of hydrogen-bond acceptors (Lipinski definition) is 4. The molecule has 1 fully saturated rings. The van der Waals surface area contributed by atoms with Crippen LogP contribution in [-0.2, 0) is 11.2 Å². The molecule has 6 heteroatoms. The molecular formula is C27H28N4O2. The number of amides is 2. The quantitative estimate of drug-likeness (QED) is 0.626. The fraction of sp³-hybridized carbons (Fsp3) is 0.296. The van der Waals surface area contributed by atoms with E-state index >= 15 is 0 Å². The van der Waals surface area contributed by atoms with Crippen LogP contribution in [0.1, 0.15) is 58.3 Å². The van der Waals surface area contributed by atoms with Gasteiger partial charge in [0.25, 0.3) is 5.91 Å². The number of carbonyl (C=O) groups excluding carboxylic acids is 2. The Balaban J connectivity index is 1.28. The number of nitrogens with zero attached hydrogens (tertiary/aromatic N) is 2. The van der Waals surface area contributed by atoms with Crippen molar-refractivity contribution in [3.8, 4) is 0 Å². The van der Waals surface area contributed by atoms with E-state index in [2.05, 4.69) is 22.4 Å². The summed E-state index contributed by atoms with van der Waals surface area (Å²) in [5.41, 5.74) is 11.3. The summed E-state index contributed by atoms with van der Waals surface area (Å²) in [6.45, 7) is 0.752. The number of carbonyl (C=O) groups is 2. The van der Waals surface area contributed by atoms with Crippen molar-refractivity contribution in [3.05, 3.63) is 95.3 Å². The van der Waals surface area contributed by atoms with Crippen molar-refractivity contribution >= 4 is 17.5 Å². The van der Waals surface area contributed by atoms with E-state index in [0.29, 0.717) is 11.3 Å². The van der Waals surface area contributed by atoms with Crippen LogP contribution in [0, 0.1) is 0 Å². The van der Waals surface area contributed by atoms with Gasteiger partial charge >= 0.3 is 0 Å². The van der Waals surface area contributed by atoms with Gasteiger partial charge in [0.1, 0.15) is 0 Å². The smallest absolute Gasteiger partial charge is 0.255 e. The number of rotatable bonds is 5. The molecule has 6 nitrogen and oxygen atoms in total. The van der Waals surface area contributed by atoms with E-state index < -0.39 is 0 Å². The van der Waals surface area contributed by atoms with Crippen molar-refractivity contribution in [1.29, 1.82) is 0 Å². The lowest BCUT2D eigenvalue weighted by molar-refractivity contribution is -0.134. The van der Waals surface area contributed by atoms with Crippen molar-refractivity contribution in [2.24, 2.45) is 5.73 Å². The Morgan fingerprint density at radius 2 is 1.76 bits per heavy atom. The molecule has 5 rings (SSSR count). The fourth-order valence-corrected chi connectivity index (χ4v) is 5.17. The van der Waals surface area contributed by atoms with E-state index in [1.165, 1.54) is 11.1 Å². The van der Waals surface area contributed by atoms with Gasteiger partial charge in [0.15, 0.2) is 0 Å². The molecule has 0 spiro atoms. The molecule has 2 amide bonds. The Labute approximate surface area is 193 Å². The third kappa shape index (κ3) is 4.26. The first kappa shape index (κ1) is 21.3. The Bertz CT molecular complexity index is 1150. The second-order valence-corrected chi connectivity index (χ2v) is 8.87. The second kappa shape index (κ2) is 9.16. The highest BCUT2D eigenvalue weighted by molar-refractivity contribution is 6.04. The predicted molar refractivity (Wildman–Crippen MR) is 128 cm³/mol. The van der Waals surface area contributed by atoms with Gasteiger partial charge < -0.3 is 16.0 Å². The molecule has 1 aliphatic carbocycles. The number of benzene rings is 2. The van der Waals surface area contributed by atoms with Crippen molar-refractivity contribution in [1.82, 2.24) is 9.88 Å². The zero-order valence-corrected chi connectivity index (χ0v) is 18.5. The highest BCUT2D eigenvalue weighted by atomic mass is 16.2. The lowest BCUT2D eigenvalue weighted by Crippen LogP contribution is -2.43. The van der Waals surface area contributed by atoms with Gasteiger partial charge in [-0.1, -0.05) is 36.4 Å². The normalized spacial score (nSPS) is 20.3. The first-order valence-corrected chi connectivity index (χ1v) is 11.6. The number of anilines is 1. The summed E-state index contributed by atoms with van der Waals surface area (Å²) in [5, 5.41) is 2.86. The van der Waals surface area contributed by atoms with E-state index in [9.17, 15) is 9.59 Å². The van der Waals surface area contributed by atoms with E-state index in [4.69, 9.17) is 5.73 Å². The second-order valence-electron chi connectivity index (χ2n) is 8.87. The molecular weight excluding hydrogens is 412 g/mol. The molecule has 2 heterocycles. The molecule has 168 valence electrons. The Hall–Kier alpha value is -3.51. The average molecular weight is 441 g/mol. The Kier molecular flexibility index (Phi) is 5.92. The molecule has 1 aromatic heterocycles. The van der Waals surface area contributed by atoms with Crippen LogP contribution < -0.4 is 11.1 Å². The topological polar surface area (TPSA) is 88.3 Å². The lowest BCUT2D eigenvalue weighted by atomic mass is 9.95. The van der Waals surface area contributed by atoms with Crippen molar-refractivity contribution in [2.45, 2.75) is 43.7 Å². The average Bonchev–Trinajstić information content (AvgIpc) is 3.52. The van der Waals surface area contributed by atoms with Gasteiger partial charge in [-0.25, -0.2) is 0 Å². The van der Waals surface area contributed by atoms with Crippen LogP contribution in [0.15, 0.2) is 73.1 Å². The van der Waals surface area contributed by atoms with Crippen molar-refractivity contribution in [3.63, 3.8) is 0 Å². The highest BCUT2D eigenvalue weighted by Crippen LogP contribution is 2.37. The maximum atomic E-state index is 13.5. The number of pyridine rings is 1. The number of fused-ring (bicyclic) bond motifs is 1. The van der Waals surface area contributed by atoms with Crippen LogP contribution in [-0.4, -0.2) is 34.3 Å². The van der Waals surface area contributed by atoms with Crippen LogP contribution in [0.25, 0.3) is 0 Å². The molecule has 3 atom stereocenters. The first-order chi connectivity index (χ1) is 16.1. The van der Waals surface area contributed by atoms with Gasteiger partial charge in [-0.3, -0.25) is 14.6 Å². The maximum Gasteiger partial charge on any atom is 0.255 e. The number of nitrogens with one attached hydrogen (secondary N) is 1. The summed E-state index contributed by atoms with van der Waals surface area (Å²) in [6, 6.07) is 18.8. The van der Waals surface area contributed by atoms with Crippen molar-refractivity contribution in [2.75, 3.05) is 11.9 Å². The monoisotopic (exact) mass is 440 g/mol. The van der Waals surface area contributed by atoms with Gasteiger partial charge in [0.05, 0.1) is 18.0 Å². The third-order valence-electron chi connectivity index (χ3n) is 6.92. The van der Waals surface area contributed by atoms with Crippen LogP contribution >= 0.6 is 0 Å². The molecule has 1 saturated heterocycles. The SMILES string of the molecule is N[C@@H](c1ccc(C(=O)Nc2ccncc2)cc1)C1CCCN1C(=O)[C@@H]1CCc2ccccc21. The summed E-state index contributed by atoms with van der Waals surface area (Å²) in [6.07, 6.45) is 6.96. The molecule has 3 N–H and O–H groups in total. The largest absolute Gasteiger partial charge is 0.337 e. The molecule has 2 aromatic carbocycles. The molecule has 1 aliphatic heterocycles. The Morgan fingerprint density at radius 3 is 2.55 bits per heavy atom. The molecule has 0 saturated carbocycles. The lowest BCUT2D eigenvalue weighted by Gasteiger charge is -2.32. The number of aromatic nitrogens is 1. The summed E-state index contributed by atoms with van der Waals surface area (Å²) >= 11 is 0. The van der Waals surface area contributed by atoms with E-state index in [-0.39, 0.29) is 29.8 Å². The van der Waals surface area contributed by atoms with Crippen LogP contribution in [0.3, 0.4) is 0 Å². The Morgan fingerprint density at radius 1 is 1.00 bits per heavy atom. The fourth-order valence-electron chi connectivity index (χ4n) is 5.17. The minimum absolute atomic E-state index is 0.0262. The number of nitrogens with two attached hydrogens (primary N) is 1. The molecule has 0 bridgehead atoms. The zero-order chi connectivity index (χ0) is 22.8. The van der Waals surface area contributed by atoms with Crippen molar-refractivity contribution < 1.29 is 9.59 Å². The van der Waals surface area contributed by atoms with Crippen LogP contribution in [0.2, 0.25) is 0 Å². The summed E-state index contributed by atoms with van der Waals surface area (Å²) in [7, 11) is 0. The number of aryl methyl sites for hydroxylation is 1. The van der Waals surface area contributed by atoms with Gasteiger partial charge in [0.2, 0.25) is 5.91 Å². The zero-order valence-electron chi connectivity index (χ0n) is 18.5. The van der Waals surface area contributed by atoms with Crippen LogP contribution in [0.5, 0.6) is 0 Å². The van der Waals surface area contributed by atoms with E-state index in [0.717, 1.165) is 37.8 Å². The summed E-state index contributed by atoms with van der Waals surface area (Å²) < 4.78 is 0. The van der Waals surface area contributed by atoms with Gasteiger partial charge in [-0.2, -0.15) is 0 Å². The highest BCUT2D eigenvalue weighted by Gasteiger charge is 2.39. The van der Waals surface area contributed by atoms with Gasteiger partial charge in [-0.05, 0) is 66.6 Å². The molecule has 33 heavy (non-hydrogen) atoms. The third-order valence-corrected chi connectivity index (χ3v) is 6.92. The molecule has 0 radical (unpaired) electrons. The number of likely N-dealkylation sites (tertiary alicyclic amines) is 1. The standard InChI is InChI=1S/C27H28N4O2/c28-25(19-7-9-20(10-8-19)26(32)30-21-13-15-29-16-14-21)24-6-3-17-31(24)27(33)23-12-11-18-4-1-2-5-22(18)23/h1-2,4-5,7-10,13-16,23-25H,3,6,11-12,17,28H2,(H,29,30,32)/t23-,24?,25+/m1/s1. The van der Waals surface area contributed by atoms with Gasteiger partial charge in [0, 0.05) is 30.2 Å². The van der Waals surface area contributed by atoms with E-state index in [1.807, 2.05) is 29.2 Å². The summed E-state index contributed by atoms with van der Waals surface area (Å²) in [4.78, 5) is 32.0. The number of hydrogen-bond donors (Lipinski definition) is 2. The minimum atomic E-state index is -0.287. The maximum absolute atomic E-state index is 13.5.